The van der Waals surface area contributed by atoms with E-state index in [0.717, 1.165) is 49.0 Å². The van der Waals surface area contributed by atoms with Crippen molar-refractivity contribution >= 4 is 23.2 Å². The van der Waals surface area contributed by atoms with Gasteiger partial charge in [-0.3, -0.25) is 4.99 Å². The molecule has 2 heterocycles. The molecule has 0 spiro atoms. The highest BCUT2D eigenvalue weighted by atomic mass is 35.5. The van der Waals surface area contributed by atoms with Gasteiger partial charge in [0.1, 0.15) is 5.82 Å². The molecule has 1 aliphatic carbocycles. The number of guanidine groups is 1. The Kier molecular flexibility index (Phi) is 5.43. The van der Waals surface area contributed by atoms with Crippen molar-refractivity contribution in [1.82, 2.24) is 14.9 Å². The number of nitrogens with two attached hydrogens (primary N) is 1. The number of aliphatic imine (C=N–C) groups is 1. The highest BCUT2D eigenvalue weighted by Gasteiger charge is 2.26. The van der Waals surface area contributed by atoms with E-state index in [2.05, 4.69) is 36.9 Å². The zero-order chi connectivity index (χ0) is 18.6. The van der Waals surface area contributed by atoms with E-state index in [1.165, 1.54) is 18.5 Å². The van der Waals surface area contributed by atoms with Gasteiger partial charge in [0.15, 0.2) is 5.96 Å². The monoisotopic (exact) mass is 384 g/mol. The van der Waals surface area contributed by atoms with Gasteiger partial charge in [0.05, 0.1) is 0 Å². The van der Waals surface area contributed by atoms with Gasteiger partial charge in [0.25, 0.3) is 0 Å². The molecule has 7 heteroatoms. The number of anilines is 1. The second-order valence-corrected chi connectivity index (χ2v) is 7.60. The van der Waals surface area contributed by atoms with Gasteiger partial charge >= 0.3 is 0 Å². The summed E-state index contributed by atoms with van der Waals surface area (Å²) in [7, 11) is 0. The van der Waals surface area contributed by atoms with E-state index in [0.29, 0.717) is 18.4 Å². The van der Waals surface area contributed by atoms with Crippen LogP contribution in [-0.2, 0) is 6.42 Å². The van der Waals surface area contributed by atoms with Crippen LogP contribution in [-0.4, -0.2) is 53.6 Å². The Labute approximate surface area is 165 Å². The van der Waals surface area contributed by atoms with Crippen LogP contribution in [0, 0.1) is 0 Å². The molecule has 2 aliphatic rings. The number of halogens is 1. The molecule has 2 aromatic rings. The summed E-state index contributed by atoms with van der Waals surface area (Å²) in [4.78, 5) is 18.0. The molecule has 6 nitrogen and oxygen atoms in total. The van der Waals surface area contributed by atoms with E-state index in [4.69, 9.17) is 17.3 Å². The Morgan fingerprint density at radius 3 is 2.37 bits per heavy atom. The molecule has 4 rings (SSSR count). The molecule has 1 aliphatic heterocycles. The van der Waals surface area contributed by atoms with Gasteiger partial charge in [-0.05, 0) is 49.1 Å². The Hall–Kier alpha value is -2.34. The first-order valence-electron chi connectivity index (χ1n) is 9.55. The summed E-state index contributed by atoms with van der Waals surface area (Å²) in [5.41, 5.74) is 8.51. The molecule has 142 valence electrons. The summed E-state index contributed by atoms with van der Waals surface area (Å²) in [6, 6.07) is 7.98. The van der Waals surface area contributed by atoms with Crippen molar-refractivity contribution in [1.29, 1.82) is 0 Å². The zero-order valence-electron chi connectivity index (χ0n) is 15.4. The number of nitrogens with zero attached hydrogens (tertiary/aromatic N) is 5. The first-order chi connectivity index (χ1) is 13.2. The summed E-state index contributed by atoms with van der Waals surface area (Å²) < 4.78 is 0. The lowest BCUT2D eigenvalue weighted by Crippen LogP contribution is -2.51. The maximum Gasteiger partial charge on any atom is 0.191 e. The summed E-state index contributed by atoms with van der Waals surface area (Å²) >= 11 is 5.97. The molecule has 27 heavy (non-hydrogen) atoms. The smallest absolute Gasteiger partial charge is 0.191 e. The maximum atomic E-state index is 6.20. The summed E-state index contributed by atoms with van der Waals surface area (Å²) in [6.07, 6.45) is 7.13. The van der Waals surface area contributed by atoms with Crippen molar-refractivity contribution in [3.8, 4) is 0 Å². The molecule has 1 aromatic heterocycles. The highest BCUT2D eigenvalue weighted by Crippen LogP contribution is 2.37. The van der Waals surface area contributed by atoms with E-state index >= 15 is 0 Å². The van der Waals surface area contributed by atoms with Crippen LogP contribution in [0.2, 0.25) is 5.02 Å². The van der Waals surface area contributed by atoms with Crippen molar-refractivity contribution in [2.75, 3.05) is 37.6 Å². The van der Waals surface area contributed by atoms with E-state index in [9.17, 15) is 0 Å². The topological polar surface area (TPSA) is 70.6 Å². The molecule has 0 radical (unpaired) electrons. The van der Waals surface area contributed by atoms with Crippen molar-refractivity contribution in [3.63, 3.8) is 0 Å². The standard InChI is InChI=1S/C20H25ClN6/c21-17-3-5-18(6-4-17)26-9-11-27(12-10-26)20(22)23-8-7-15-13-24-19(25-14-15)16-1-2-16/h3-6,13-14,16H,1-2,7-12H2,(H2,22,23). The van der Waals surface area contributed by atoms with Gasteiger partial charge in [-0.25, -0.2) is 9.97 Å². The minimum atomic E-state index is 0.597. The molecule has 2 fully saturated rings. The lowest BCUT2D eigenvalue weighted by Gasteiger charge is -2.36. The van der Waals surface area contributed by atoms with Gasteiger partial charge in [0, 0.05) is 61.7 Å². The highest BCUT2D eigenvalue weighted by molar-refractivity contribution is 6.30. The van der Waals surface area contributed by atoms with Gasteiger partial charge in [0.2, 0.25) is 0 Å². The number of benzene rings is 1. The predicted molar refractivity (Wildman–Crippen MR) is 109 cm³/mol. The van der Waals surface area contributed by atoms with Gasteiger partial charge < -0.3 is 15.5 Å². The molecule has 1 saturated carbocycles. The van der Waals surface area contributed by atoms with Crippen LogP contribution in [0.1, 0.15) is 30.1 Å². The Bertz CT molecular complexity index is 777. The predicted octanol–water partition coefficient (Wildman–Crippen LogP) is 2.69. The summed E-state index contributed by atoms with van der Waals surface area (Å²) in [5, 5.41) is 0.765. The number of aromatic nitrogens is 2. The van der Waals surface area contributed by atoms with Gasteiger partial charge in [-0.15, -0.1) is 0 Å². The molecule has 1 saturated heterocycles. The van der Waals surface area contributed by atoms with Gasteiger partial charge in [-0.2, -0.15) is 0 Å². The SMILES string of the molecule is NC(=NCCc1cnc(C2CC2)nc1)N1CCN(c2ccc(Cl)cc2)CC1. The summed E-state index contributed by atoms with van der Waals surface area (Å²) in [5.74, 6) is 2.21. The first-order valence-corrected chi connectivity index (χ1v) is 9.93. The fourth-order valence-corrected chi connectivity index (χ4v) is 3.42. The number of hydrogen-bond acceptors (Lipinski definition) is 4. The zero-order valence-corrected chi connectivity index (χ0v) is 16.1. The van der Waals surface area contributed by atoms with Gasteiger partial charge in [-0.1, -0.05) is 11.6 Å². The lowest BCUT2D eigenvalue weighted by atomic mass is 10.2. The Balaban J connectivity index is 1.24. The number of rotatable bonds is 5. The van der Waals surface area contributed by atoms with E-state index in [1.54, 1.807) is 0 Å². The fourth-order valence-electron chi connectivity index (χ4n) is 3.29. The van der Waals surface area contributed by atoms with Crippen LogP contribution in [0.15, 0.2) is 41.7 Å². The minimum Gasteiger partial charge on any atom is -0.370 e. The molecule has 0 bridgehead atoms. The van der Waals surface area contributed by atoms with Crippen LogP contribution in [0.25, 0.3) is 0 Å². The van der Waals surface area contributed by atoms with E-state index in [-0.39, 0.29) is 0 Å². The fraction of sp³-hybridized carbons (Fsp3) is 0.450. The quantitative estimate of drug-likeness (QED) is 0.634. The third-order valence-corrected chi connectivity index (χ3v) is 5.39. The van der Waals surface area contributed by atoms with Crippen LogP contribution in [0.3, 0.4) is 0 Å². The number of hydrogen-bond donors (Lipinski definition) is 1. The molecular formula is C20H25ClN6. The largest absolute Gasteiger partial charge is 0.370 e. The maximum absolute atomic E-state index is 6.20. The second-order valence-electron chi connectivity index (χ2n) is 7.16. The van der Waals surface area contributed by atoms with E-state index < -0.39 is 0 Å². The molecule has 2 N–H and O–H groups in total. The normalized spacial score (nSPS) is 18.0. The molecular weight excluding hydrogens is 360 g/mol. The van der Waals surface area contributed by atoms with Crippen molar-refractivity contribution in [2.24, 2.45) is 10.7 Å². The minimum absolute atomic E-state index is 0.597. The lowest BCUT2D eigenvalue weighted by molar-refractivity contribution is 0.381. The van der Waals surface area contributed by atoms with Crippen molar-refractivity contribution < 1.29 is 0 Å². The third-order valence-electron chi connectivity index (χ3n) is 5.14. The van der Waals surface area contributed by atoms with Crippen molar-refractivity contribution in [2.45, 2.75) is 25.2 Å². The van der Waals surface area contributed by atoms with Crippen LogP contribution in [0.5, 0.6) is 0 Å². The van der Waals surface area contributed by atoms with Crippen LogP contribution in [0.4, 0.5) is 5.69 Å². The summed E-state index contributed by atoms with van der Waals surface area (Å²) in [6.45, 7) is 4.26. The average molecular weight is 385 g/mol. The molecule has 0 atom stereocenters. The first kappa shape index (κ1) is 18.0. The average Bonchev–Trinajstić information content (AvgIpc) is 3.55. The van der Waals surface area contributed by atoms with Crippen molar-refractivity contribution in [3.05, 3.63) is 53.1 Å². The molecule has 0 amide bonds. The molecule has 0 unspecified atom stereocenters. The molecule has 1 aromatic carbocycles. The number of piperazine rings is 1. The Morgan fingerprint density at radius 2 is 1.74 bits per heavy atom. The van der Waals surface area contributed by atoms with E-state index in [1.807, 2.05) is 24.5 Å². The van der Waals surface area contributed by atoms with Crippen LogP contribution < -0.4 is 10.6 Å². The third kappa shape index (κ3) is 4.69. The second kappa shape index (κ2) is 8.13. The van der Waals surface area contributed by atoms with Crippen LogP contribution >= 0.6 is 11.6 Å². The Morgan fingerprint density at radius 1 is 1.07 bits per heavy atom.